The van der Waals surface area contributed by atoms with Crippen molar-refractivity contribution in [2.24, 2.45) is 0 Å². The van der Waals surface area contributed by atoms with Gasteiger partial charge in [0.25, 0.3) is 0 Å². The number of benzene rings is 1. The summed E-state index contributed by atoms with van der Waals surface area (Å²) in [5.74, 6) is 0. The Morgan fingerprint density at radius 3 is 2.81 bits per heavy atom. The maximum atomic E-state index is 12.2. The van der Waals surface area contributed by atoms with E-state index in [9.17, 15) is 4.79 Å². The van der Waals surface area contributed by atoms with Gasteiger partial charge in [-0.15, -0.1) is 0 Å². The number of amides is 2. The minimum absolute atomic E-state index is 0.237. The molecule has 0 aliphatic heterocycles. The third-order valence-electron chi connectivity index (χ3n) is 4.28. The molecular weight excluding hydrogens is 330 g/mol. The van der Waals surface area contributed by atoms with Crippen molar-refractivity contribution < 1.29 is 4.79 Å². The second-order valence-corrected chi connectivity index (χ2v) is 5.99. The molecule has 1 aromatic carbocycles. The number of hydrogen-bond donors (Lipinski definition) is 2. The van der Waals surface area contributed by atoms with Gasteiger partial charge in [-0.1, -0.05) is 6.07 Å². The summed E-state index contributed by atoms with van der Waals surface area (Å²) in [6.45, 7) is 7.54. The molecule has 3 aromatic rings. The van der Waals surface area contributed by atoms with E-state index in [1.165, 1.54) is 11.9 Å². The Bertz CT molecular complexity index is 883. The first-order chi connectivity index (χ1) is 12.6. The van der Waals surface area contributed by atoms with Gasteiger partial charge in [0.15, 0.2) is 0 Å². The molecule has 0 spiro atoms. The molecule has 136 valence electrons. The maximum absolute atomic E-state index is 12.2. The zero-order valence-electron chi connectivity index (χ0n) is 15.2. The van der Waals surface area contributed by atoms with E-state index >= 15 is 0 Å². The lowest BCUT2D eigenvalue weighted by atomic mass is 10.1. The molecule has 2 N–H and O–H groups in total. The maximum Gasteiger partial charge on any atom is 0.319 e. The van der Waals surface area contributed by atoms with Crippen molar-refractivity contribution in [3.63, 3.8) is 0 Å². The molecule has 2 aromatic heterocycles. The number of carbonyl (C=O) groups excluding carboxylic acids is 1. The Labute approximate surface area is 152 Å². The minimum atomic E-state index is -0.237. The summed E-state index contributed by atoms with van der Waals surface area (Å²) in [5.41, 5.74) is 4.90. The third-order valence-corrected chi connectivity index (χ3v) is 4.28. The number of hydrogen-bond acceptors (Lipinski definition) is 4. The van der Waals surface area contributed by atoms with Gasteiger partial charge in [-0.25, -0.2) is 14.5 Å². The molecule has 0 saturated heterocycles. The molecule has 0 fully saturated rings. The average molecular weight is 353 g/mol. The van der Waals surface area contributed by atoms with Crippen molar-refractivity contribution in [3.8, 4) is 5.69 Å². The number of urea groups is 1. The Morgan fingerprint density at radius 1 is 1.27 bits per heavy atom. The lowest BCUT2D eigenvalue weighted by Gasteiger charge is -2.09. The molecule has 0 bridgehead atoms. The number of anilines is 1. The molecule has 3 rings (SSSR count). The van der Waals surface area contributed by atoms with Crippen LogP contribution in [0.25, 0.3) is 5.69 Å². The molecule has 2 amide bonds. The van der Waals surface area contributed by atoms with Crippen molar-refractivity contribution in [3.05, 3.63) is 53.9 Å². The van der Waals surface area contributed by atoms with Crippen molar-refractivity contribution >= 4 is 11.7 Å². The van der Waals surface area contributed by atoms with Crippen LogP contribution < -0.4 is 10.6 Å². The molecule has 0 radical (unpaired) electrons. The van der Waals surface area contributed by atoms with E-state index in [0.29, 0.717) is 12.2 Å². The lowest BCUT2D eigenvalue weighted by Crippen LogP contribution is -2.30. The van der Waals surface area contributed by atoms with E-state index in [0.717, 1.165) is 30.0 Å². The van der Waals surface area contributed by atoms with Crippen LogP contribution in [-0.2, 0) is 13.0 Å². The second-order valence-electron chi connectivity index (χ2n) is 5.99. The highest BCUT2D eigenvalue weighted by Crippen LogP contribution is 2.14. The first-order valence-corrected chi connectivity index (χ1v) is 8.61. The molecule has 0 atom stereocenters. The van der Waals surface area contributed by atoms with E-state index in [1.807, 2.05) is 35.9 Å². The Kier molecular flexibility index (Phi) is 5.31. The highest BCUT2D eigenvalue weighted by atomic mass is 16.2. The van der Waals surface area contributed by atoms with Crippen LogP contribution in [0.5, 0.6) is 0 Å². The number of nitrogens with one attached hydrogen (secondary N) is 2. The van der Waals surface area contributed by atoms with Gasteiger partial charge >= 0.3 is 6.03 Å². The normalized spacial score (nSPS) is 10.7. The fourth-order valence-corrected chi connectivity index (χ4v) is 2.95. The molecule has 8 heteroatoms. The third kappa shape index (κ3) is 3.90. The van der Waals surface area contributed by atoms with E-state index in [4.69, 9.17) is 0 Å². The fraction of sp³-hybridized carbons (Fsp3) is 0.333. The molecule has 0 saturated carbocycles. The molecular formula is C18H23N7O. The summed E-state index contributed by atoms with van der Waals surface area (Å²) in [5, 5.41) is 14.3. The van der Waals surface area contributed by atoms with Crippen molar-refractivity contribution in [2.75, 3.05) is 11.9 Å². The van der Waals surface area contributed by atoms with Crippen LogP contribution in [0.2, 0.25) is 0 Å². The fourth-order valence-electron chi connectivity index (χ4n) is 2.95. The topological polar surface area (TPSA) is 89.7 Å². The highest BCUT2D eigenvalue weighted by molar-refractivity contribution is 5.89. The molecule has 0 aliphatic rings. The van der Waals surface area contributed by atoms with Crippen LogP contribution in [0.1, 0.15) is 23.9 Å². The van der Waals surface area contributed by atoms with Gasteiger partial charge in [-0.05, 0) is 51.0 Å². The number of rotatable bonds is 6. The predicted octanol–water partition coefficient (Wildman–Crippen LogP) is 2.46. The van der Waals surface area contributed by atoms with E-state index in [1.54, 1.807) is 11.0 Å². The van der Waals surface area contributed by atoms with Crippen LogP contribution in [0.3, 0.4) is 0 Å². The second kappa shape index (κ2) is 7.81. The van der Waals surface area contributed by atoms with Crippen molar-refractivity contribution in [1.29, 1.82) is 0 Å². The van der Waals surface area contributed by atoms with Crippen molar-refractivity contribution in [2.45, 2.75) is 33.7 Å². The zero-order valence-corrected chi connectivity index (χ0v) is 15.2. The van der Waals surface area contributed by atoms with Crippen LogP contribution >= 0.6 is 0 Å². The summed E-state index contributed by atoms with van der Waals surface area (Å²) in [4.78, 5) is 16.1. The molecule has 0 aliphatic carbocycles. The average Bonchev–Trinajstić information content (AvgIpc) is 3.25. The predicted molar refractivity (Wildman–Crippen MR) is 99.5 cm³/mol. The first-order valence-electron chi connectivity index (χ1n) is 8.61. The van der Waals surface area contributed by atoms with E-state index in [-0.39, 0.29) is 6.03 Å². The van der Waals surface area contributed by atoms with E-state index in [2.05, 4.69) is 39.7 Å². The number of nitrogens with zero attached hydrogens (tertiary/aromatic N) is 5. The minimum Gasteiger partial charge on any atom is -0.338 e. The summed E-state index contributed by atoms with van der Waals surface area (Å²) >= 11 is 0. The van der Waals surface area contributed by atoms with Gasteiger partial charge in [0.05, 0.1) is 11.4 Å². The number of carbonyl (C=O) groups is 1. The van der Waals surface area contributed by atoms with Gasteiger partial charge < -0.3 is 10.6 Å². The highest BCUT2D eigenvalue weighted by Gasteiger charge is 2.11. The van der Waals surface area contributed by atoms with Gasteiger partial charge in [0, 0.05) is 24.5 Å². The summed E-state index contributed by atoms with van der Waals surface area (Å²) in [6.07, 6.45) is 3.84. The summed E-state index contributed by atoms with van der Waals surface area (Å²) < 4.78 is 3.63. The molecule has 2 heterocycles. The zero-order chi connectivity index (χ0) is 18.5. The monoisotopic (exact) mass is 353 g/mol. The van der Waals surface area contributed by atoms with E-state index < -0.39 is 0 Å². The van der Waals surface area contributed by atoms with Crippen LogP contribution in [-0.4, -0.2) is 37.1 Å². The lowest BCUT2D eigenvalue weighted by molar-refractivity contribution is 0.252. The number of aromatic nitrogens is 5. The van der Waals surface area contributed by atoms with Gasteiger partial charge in [0.1, 0.15) is 12.7 Å². The smallest absolute Gasteiger partial charge is 0.319 e. The largest absolute Gasteiger partial charge is 0.338 e. The number of aryl methyl sites for hydroxylation is 2. The molecule has 26 heavy (non-hydrogen) atoms. The Balaban J connectivity index is 1.55. The van der Waals surface area contributed by atoms with Crippen LogP contribution in [0, 0.1) is 13.8 Å². The molecule has 0 unspecified atom stereocenters. The molecule has 8 nitrogen and oxygen atoms in total. The SMILES string of the molecule is CCn1nc(C)c(CCNC(=O)Nc2cccc(-n3cncn3)c2)c1C. The summed E-state index contributed by atoms with van der Waals surface area (Å²) in [6, 6.07) is 7.19. The van der Waals surface area contributed by atoms with Gasteiger partial charge in [0.2, 0.25) is 0 Å². The Morgan fingerprint density at radius 2 is 2.12 bits per heavy atom. The standard InChI is InChI=1S/C18H23N7O/c1-4-24-14(3)17(13(2)23-24)8-9-20-18(26)22-15-6-5-7-16(10-15)25-12-19-11-21-25/h5-7,10-12H,4,8-9H2,1-3H3,(H2,20,22,26). The van der Waals surface area contributed by atoms with Gasteiger partial charge in [-0.2, -0.15) is 10.2 Å². The Hall–Kier alpha value is -3.16. The summed E-state index contributed by atoms with van der Waals surface area (Å²) in [7, 11) is 0. The van der Waals surface area contributed by atoms with Crippen molar-refractivity contribution in [1.82, 2.24) is 29.9 Å². The first kappa shape index (κ1) is 17.7. The van der Waals surface area contributed by atoms with Crippen LogP contribution in [0.4, 0.5) is 10.5 Å². The van der Waals surface area contributed by atoms with Crippen LogP contribution in [0.15, 0.2) is 36.9 Å². The quantitative estimate of drug-likeness (QED) is 0.712. The van der Waals surface area contributed by atoms with Gasteiger partial charge in [-0.3, -0.25) is 4.68 Å².